The number of hydrogen-bond donors (Lipinski definition) is 1. The molecule has 0 radical (unpaired) electrons. The molecule has 0 aliphatic carbocycles. The van der Waals surface area contributed by atoms with Crippen LogP contribution in [-0.4, -0.2) is 11.1 Å². The number of rotatable bonds is 5. The van der Waals surface area contributed by atoms with Crippen molar-refractivity contribution < 1.29 is 32.5 Å². The van der Waals surface area contributed by atoms with E-state index in [0.717, 1.165) is 24.3 Å². The number of hydrogen-bond acceptors (Lipinski definition) is 3. The molecule has 0 aliphatic heterocycles. The molecule has 0 aliphatic rings. The average molecular weight is 338 g/mol. The van der Waals surface area contributed by atoms with E-state index in [1.165, 1.54) is 6.92 Å². The Labute approximate surface area is 135 Å². The molecule has 126 valence electrons. The number of alkyl halides is 3. The van der Waals surface area contributed by atoms with E-state index in [2.05, 4.69) is 0 Å². The van der Waals surface area contributed by atoms with E-state index in [9.17, 15) is 23.1 Å². The summed E-state index contributed by atoms with van der Waals surface area (Å²) >= 11 is 0. The molecule has 0 saturated carbocycles. The van der Waals surface area contributed by atoms with Crippen LogP contribution in [0.4, 0.5) is 13.2 Å². The molecule has 0 bridgehead atoms. The summed E-state index contributed by atoms with van der Waals surface area (Å²) in [6, 6.07) is 12.1. The van der Waals surface area contributed by atoms with E-state index < -0.39 is 23.5 Å². The van der Waals surface area contributed by atoms with Crippen molar-refractivity contribution in [2.45, 2.75) is 13.1 Å². The number of ether oxygens (including phenoxy) is 2. The summed E-state index contributed by atoms with van der Waals surface area (Å²) in [5.41, 5.74) is -0.824. The van der Waals surface area contributed by atoms with Gasteiger partial charge in [0.15, 0.2) is 5.76 Å². The van der Waals surface area contributed by atoms with Gasteiger partial charge in [-0.1, -0.05) is 18.2 Å². The molecule has 0 amide bonds. The number of aliphatic carboxylic acids is 1. The molecule has 0 saturated heterocycles. The Hall–Kier alpha value is -2.96. The van der Waals surface area contributed by atoms with Crippen LogP contribution in [0.3, 0.4) is 0 Å². The Morgan fingerprint density at radius 1 is 0.917 bits per heavy atom. The van der Waals surface area contributed by atoms with Crippen molar-refractivity contribution in [1.29, 1.82) is 0 Å². The third-order valence-electron chi connectivity index (χ3n) is 2.93. The summed E-state index contributed by atoms with van der Waals surface area (Å²) in [6.07, 6.45) is -4.45. The van der Waals surface area contributed by atoms with Gasteiger partial charge < -0.3 is 14.6 Å². The Balaban J connectivity index is 2.21. The lowest BCUT2D eigenvalue weighted by Gasteiger charge is -2.12. The van der Waals surface area contributed by atoms with Crippen LogP contribution in [0, 0.1) is 0 Å². The fourth-order valence-electron chi connectivity index (χ4n) is 1.81. The number of para-hydroxylation sites is 1. The van der Waals surface area contributed by atoms with Crippen LogP contribution in [0.15, 0.2) is 66.1 Å². The van der Waals surface area contributed by atoms with Gasteiger partial charge in [0.1, 0.15) is 11.5 Å². The van der Waals surface area contributed by atoms with Crippen LogP contribution in [0.1, 0.15) is 12.5 Å². The van der Waals surface area contributed by atoms with Crippen molar-refractivity contribution in [2.24, 2.45) is 0 Å². The first-order valence-electron chi connectivity index (χ1n) is 6.79. The van der Waals surface area contributed by atoms with Gasteiger partial charge in [-0.15, -0.1) is 0 Å². The van der Waals surface area contributed by atoms with Gasteiger partial charge in [0.05, 0.1) is 5.56 Å². The summed E-state index contributed by atoms with van der Waals surface area (Å²) in [4.78, 5) is 11.3. The lowest BCUT2D eigenvalue weighted by Crippen LogP contribution is -2.13. The number of allylic oxidation sites excluding steroid dienone is 1. The van der Waals surface area contributed by atoms with Crippen molar-refractivity contribution in [1.82, 2.24) is 0 Å². The zero-order valence-electron chi connectivity index (χ0n) is 12.5. The van der Waals surface area contributed by atoms with Crippen molar-refractivity contribution in [3.05, 3.63) is 71.7 Å². The standard InChI is InChI=1S/C17H13F3O4/c1-11(15(16(21)22)24-13-5-3-2-4-6-13)23-14-9-7-12(8-10-14)17(18,19)20/h2-10H,1H3,(H,21,22). The molecule has 4 nitrogen and oxygen atoms in total. The predicted octanol–water partition coefficient (Wildman–Crippen LogP) is 4.48. The molecule has 2 aromatic carbocycles. The topological polar surface area (TPSA) is 55.8 Å². The minimum atomic E-state index is -4.45. The second-order valence-electron chi connectivity index (χ2n) is 4.73. The smallest absolute Gasteiger partial charge is 0.416 e. The van der Waals surface area contributed by atoms with Gasteiger partial charge in [0, 0.05) is 0 Å². The molecule has 2 rings (SSSR count). The van der Waals surface area contributed by atoms with Gasteiger partial charge >= 0.3 is 12.1 Å². The molecule has 1 N–H and O–H groups in total. The molecular formula is C17H13F3O4. The highest BCUT2D eigenvalue weighted by Crippen LogP contribution is 2.30. The normalized spacial score (nSPS) is 12.3. The largest absolute Gasteiger partial charge is 0.475 e. The van der Waals surface area contributed by atoms with Crippen LogP contribution in [-0.2, 0) is 11.0 Å². The van der Waals surface area contributed by atoms with Crippen molar-refractivity contribution in [3.8, 4) is 11.5 Å². The molecular weight excluding hydrogens is 325 g/mol. The first-order valence-corrected chi connectivity index (χ1v) is 6.79. The zero-order chi connectivity index (χ0) is 17.7. The molecule has 2 aromatic rings. The summed E-state index contributed by atoms with van der Waals surface area (Å²) in [5, 5.41) is 9.22. The lowest BCUT2D eigenvalue weighted by molar-refractivity contribution is -0.137. The number of carboxylic acid groups (broad SMARTS) is 1. The van der Waals surface area contributed by atoms with Gasteiger partial charge in [-0.3, -0.25) is 0 Å². The van der Waals surface area contributed by atoms with Crippen LogP contribution in [0.2, 0.25) is 0 Å². The van der Waals surface area contributed by atoms with Crippen LogP contribution in [0.25, 0.3) is 0 Å². The molecule has 0 spiro atoms. The fourth-order valence-corrected chi connectivity index (χ4v) is 1.81. The van der Waals surface area contributed by atoms with Crippen molar-refractivity contribution >= 4 is 5.97 Å². The molecule has 0 heterocycles. The average Bonchev–Trinajstić information content (AvgIpc) is 2.53. The third-order valence-corrected chi connectivity index (χ3v) is 2.93. The highest BCUT2D eigenvalue weighted by molar-refractivity contribution is 5.85. The number of halogens is 3. The first-order chi connectivity index (χ1) is 11.3. The molecule has 7 heteroatoms. The molecule has 24 heavy (non-hydrogen) atoms. The highest BCUT2D eigenvalue weighted by Gasteiger charge is 2.30. The number of carboxylic acids is 1. The fraction of sp³-hybridized carbons (Fsp3) is 0.118. The SMILES string of the molecule is CC(Oc1ccc(C(F)(F)F)cc1)=C(Oc1ccccc1)C(=O)O. The lowest BCUT2D eigenvalue weighted by atomic mass is 10.2. The van der Waals surface area contributed by atoms with Crippen LogP contribution < -0.4 is 9.47 Å². The van der Waals surface area contributed by atoms with Crippen LogP contribution in [0.5, 0.6) is 11.5 Å². The van der Waals surface area contributed by atoms with Gasteiger partial charge in [0.25, 0.3) is 0 Å². The van der Waals surface area contributed by atoms with Crippen molar-refractivity contribution in [3.63, 3.8) is 0 Å². The molecule has 0 fully saturated rings. The van der Waals surface area contributed by atoms with E-state index in [4.69, 9.17) is 9.47 Å². The minimum absolute atomic E-state index is 0.0657. The Bertz CT molecular complexity index is 735. The van der Waals surface area contributed by atoms with Gasteiger partial charge in [-0.05, 0) is 43.3 Å². The second-order valence-corrected chi connectivity index (χ2v) is 4.73. The first kappa shape index (κ1) is 17.4. The van der Waals surface area contributed by atoms with Crippen molar-refractivity contribution in [2.75, 3.05) is 0 Å². The molecule has 0 aromatic heterocycles. The Morgan fingerprint density at radius 3 is 1.96 bits per heavy atom. The second kappa shape index (κ2) is 7.08. The van der Waals surface area contributed by atoms with Crippen LogP contribution >= 0.6 is 0 Å². The maximum absolute atomic E-state index is 12.5. The Morgan fingerprint density at radius 2 is 1.46 bits per heavy atom. The summed E-state index contributed by atoms with van der Waals surface area (Å²) in [6.45, 7) is 1.35. The molecule has 0 unspecified atom stereocenters. The maximum Gasteiger partial charge on any atom is 0.416 e. The van der Waals surface area contributed by atoms with E-state index in [1.807, 2.05) is 0 Å². The minimum Gasteiger partial charge on any atom is -0.475 e. The van der Waals surface area contributed by atoms with E-state index in [-0.39, 0.29) is 11.5 Å². The predicted molar refractivity (Wildman–Crippen MR) is 79.5 cm³/mol. The zero-order valence-corrected chi connectivity index (χ0v) is 12.5. The van der Waals surface area contributed by atoms with E-state index in [1.54, 1.807) is 30.3 Å². The summed E-state index contributed by atoms with van der Waals surface area (Å²) in [7, 11) is 0. The highest BCUT2D eigenvalue weighted by atomic mass is 19.4. The Kier molecular flexibility index (Phi) is 5.13. The number of benzene rings is 2. The third kappa shape index (κ3) is 4.52. The molecule has 0 atom stereocenters. The van der Waals surface area contributed by atoms with E-state index >= 15 is 0 Å². The van der Waals surface area contributed by atoms with Gasteiger partial charge in [-0.25, -0.2) is 4.79 Å². The van der Waals surface area contributed by atoms with Gasteiger partial charge in [0.2, 0.25) is 5.76 Å². The van der Waals surface area contributed by atoms with E-state index in [0.29, 0.717) is 5.75 Å². The monoisotopic (exact) mass is 338 g/mol. The quantitative estimate of drug-likeness (QED) is 0.645. The maximum atomic E-state index is 12.5. The van der Waals surface area contributed by atoms with Gasteiger partial charge in [-0.2, -0.15) is 13.2 Å². The summed E-state index contributed by atoms with van der Waals surface area (Å²) < 4.78 is 48.1. The number of carbonyl (C=O) groups is 1. The summed E-state index contributed by atoms with van der Waals surface area (Å²) in [5.74, 6) is -1.54.